The van der Waals surface area contributed by atoms with Gasteiger partial charge in [-0.05, 0) is 57.0 Å². The lowest BCUT2D eigenvalue weighted by Crippen LogP contribution is -2.55. The SMILES string of the molecule is CCOc1cccc(CNC2CN3CCC2CC3)c1OCc1ccc(Cl)cc1Cl.Cl.Cl. The predicted octanol–water partition coefficient (Wildman–Crippen LogP) is 6.00. The zero-order chi connectivity index (χ0) is 20.2. The molecule has 5 rings (SSSR count). The number of para-hydroxylation sites is 1. The number of nitrogens with one attached hydrogen (secondary N) is 1. The van der Waals surface area contributed by atoms with Crippen molar-refractivity contribution >= 4 is 48.0 Å². The van der Waals surface area contributed by atoms with Crippen LogP contribution in [-0.2, 0) is 13.2 Å². The molecular formula is C23H30Cl4N2O2. The second-order valence-electron chi connectivity index (χ2n) is 7.83. The molecule has 8 heteroatoms. The number of fused-ring (bicyclic) bond motifs is 3. The van der Waals surface area contributed by atoms with Crippen molar-refractivity contribution in [1.29, 1.82) is 0 Å². The molecule has 2 aromatic carbocycles. The van der Waals surface area contributed by atoms with Gasteiger partial charge in [-0.3, -0.25) is 0 Å². The summed E-state index contributed by atoms with van der Waals surface area (Å²) < 4.78 is 12.1. The van der Waals surface area contributed by atoms with Gasteiger partial charge in [-0.1, -0.05) is 41.4 Å². The van der Waals surface area contributed by atoms with Crippen LogP contribution in [0.25, 0.3) is 0 Å². The van der Waals surface area contributed by atoms with Gasteiger partial charge in [0.1, 0.15) is 6.61 Å². The molecule has 0 aromatic heterocycles. The molecule has 0 amide bonds. The van der Waals surface area contributed by atoms with E-state index in [0.717, 1.165) is 41.6 Å². The number of halogens is 4. The molecule has 1 N–H and O–H groups in total. The van der Waals surface area contributed by atoms with Crippen molar-refractivity contribution < 1.29 is 9.47 Å². The number of hydrogen-bond acceptors (Lipinski definition) is 4. The average Bonchev–Trinajstić information content (AvgIpc) is 2.73. The summed E-state index contributed by atoms with van der Waals surface area (Å²) in [5.41, 5.74) is 2.01. The van der Waals surface area contributed by atoms with Crippen molar-refractivity contribution in [2.45, 2.75) is 39.0 Å². The molecule has 172 valence electrons. The second-order valence-corrected chi connectivity index (χ2v) is 8.67. The Morgan fingerprint density at radius 3 is 2.45 bits per heavy atom. The first-order chi connectivity index (χ1) is 14.1. The third-order valence-corrected chi connectivity index (χ3v) is 6.55. The summed E-state index contributed by atoms with van der Waals surface area (Å²) in [7, 11) is 0. The summed E-state index contributed by atoms with van der Waals surface area (Å²) in [4.78, 5) is 2.56. The van der Waals surface area contributed by atoms with E-state index in [0.29, 0.717) is 29.3 Å². The maximum Gasteiger partial charge on any atom is 0.166 e. The molecule has 3 heterocycles. The van der Waals surface area contributed by atoms with Crippen molar-refractivity contribution in [1.82, 2.24) is 10.2 Å². The van der Waals surface area contributed by atoms with Crippen molar-refractivity contribution in [2.75, 3.05) is 26.2 Å². The van der Waals surface area contributed by atoms with Gasteiger partial charge in [0.2, 0.25) is 0 Å². The molecule has 3 saturated heterocycles. The van der Waals surface area contributed by atoms with Gasteiger partial charge in [-0.2, -0.15) is 0 Å². The fourth-order valence-electron chi connectivity index (χ4n) is 4.36. The Hall–Kier alpha value is -0.880. The van der Waals surface area contributed by atoms with Gasteiger partial charge in [-0.25, -0.2) is 0 Å². The van der Waals surface area contributed by atoms with Crippen LogP contribution in [0.1, 0.15) is 30.9 Å². The molecule has 2 aromatic rings. The van der Waals surface area contributed by atoms with Crippen molar-refractivity contribution in [3.63, 3.8) is 0 Å². The monoisotopic (exact) mass is 506 g/mol. The minimum atomic E-state index is 0. The first-order valence-electron chi connectivity index (χ1n) is 10.4. The molecule has 3 aliphatic rings. The third-order valence-electron chi connectivity index (χ3n) is 5.96. The number of piperidine rings is 3. The molecule has 0 aliphatic carbocycles. The van der Waals surface area contributed by atoms with Crippen molar-refractivity contribution in [3.8, 4) is 11.5 Å². The summed E-state index contributed by atoms with van der Waals surface area (Å²) in [6, 6.07) is 12.1. The Labute approximate surface area is 207 Å². The van der Waals surface area contributed by atoms with E-state index in [-0.39, 0.29) is 24.8 Å². The second kappa shape index (κ2) is 12.4. The molecule has 3 fully saturated rings. The maximum atomic E-state index is 6.32. The van der Waals surface area contributed by atoms with E-state index in [4.69, 9.17) is 32.7 Å². The van der Waals surface area contributed by atoms with Crippen LogP contribution in [-0.4, -0.2) is 37.2 Å². The molecule has 0 radical (unpaired) electrons. The van der Waals surface area contributed by atoms with Crippen LogP contribution in [0.3, 0.4) is 0 Å². The highest BCUT2D eigenvalue weighted by molar-refractivity contribution is 6.35. The smallest absolute Gasteiger partial charge is 0.166 e. The Kier molecular flexibility index (Phi) is 10.5. The van der Waals surface area contributed by atoms with Gasteiger partial charge in [0.25, 0.3) is 0 Å². The standard InChI is InChI=1S/C23H28Cl2N2O2.2ClH/c1-2-28-22-5-3-4-17(13-26-21-14-27-10-8-16(21)9-11-27)23(22)29-15-18-6-7-19(24)12-20(18)25;;/h3-7,12,16,21,26H,2,8-11,13-15H2,1H3;2*1H. The maximum absolute atomic E-state index is 6.32. The summed E-state index contributed by atoms with van der Waals surface area (Å²) in [5, 5.41) is 5.01. The minimum Gasteiger partial charge on any atom is -0.490 e. The molecule has 1 atom stereocenters. The number of ether oxygens (including phenoxy) is 2. The molecule has 1 unspecified atom stereocenters. The van der Waals surface area contributed by atoms with Gasteiger partial charge >= 0.3 is 0 Å². The zero-order valence-corrected chi connectivity index (χ0v) is 20.8. The molecule has 0 spiro atoms. The molecule has 3 aliphatic heterocycles. The highest BCUT2D eigenvalue weighted by Crippen LogP contribution is 2.34. The summed E-state index contributed by atoms with van der Waals surface area (Å²) in [6.07, 6.45) is 2.60. The molecule has 0 saturated carbocycles. The zero-order valence-electron chi connectivity index (χ0n) is 17.6. The molecule has 2 bridgehead atoms. The van der Waals surface area contributed by atoms with Crippen LogP contribution in [0.2, 0.25) is 10.0 Å². The normalized spacial score (nSPS) is 21.7. The van der Waals surface area contributed by atoms with E-state index in [1.807, 2.05) is 31.2 Å². The Morgan fingerprint density at radius 1 is 1.03 bits per heavy atom. The number of nitrogens with zero attached hydrogens (tertiary/aromatic N) is 1. The van der Waals surface area contributed by atoms with Crippen LogP contribution < -0.4 is 14.8 Å². The topological polar surface area (TPSA) is 33.7 Å². The van der Waals surface area contributed by atoms with Crippen LogP contribution in [0.15, 0.2) is 36.4 Å². The summed E-state index contributed by atoms with van der Waals surface area (Å²) in [6.45, 7) is 7.35. The molecule has 31 heavy (non-hydrogen) atoms. The van der Waals surface area contributed by atoms with Crippen molar-refractivity contribution in [2.24, 2.45) is 5.92 Å². The van der Waals surface area contributed by atoms with Crippen LogP contribution in [0, 0.1) is 5.92 Å². The highest BCUT2D eigenvalue weighted by atomic mass is 35.5. The minimum absolute atomic E-state index is 0. The van der Waals surface area contributed by atoms with E-state index >= 15 is 0 Å². The van der Waals surface area contributed by atoms with E-state index in [9.17, 15) is 0 Å². The lowest BCUT2D eigenvalue weighted by Gasteiger charge is -2.45. The van der Waals surface area contributed by atoms with Gasteiger partial charge in [-0.15, -0.1) is 24.8 Å². The quantitative estimate of drug-likeness (QED) is 0.475. The highest BCUT2D eigenvalue weighted by Gasteiger charge is 2.33. The third kappa shape index (κ3) is 6.56. The largest absolute Gasteiger partial charge is 0.490 e. The average molecular weight is 508 g/mol. The number of rotatable bonds is 8. The van der Waals surface area contributed by atoms with Crippen molar-refractivity contribution in [3.05, 3.63) is 57.6 Å². The fraction of sp³-hybridized carbons (Fsp3) is 0.478. The lowest BCUT2D eigenvalue weighted by atomic mass is 9.84. The predicted molar refractivity (Wildman–Crippen MR) is 133 cm³/mol. The van der Waals surface area contributed by atoms with Crippen LogP contribution in [0.4, 0.5) is 0 Å². The first kappa shape index (κ1) is 26.4. The van der Waals surface area contributed by atoms with E-state index in [2.05, 4.69) is 16.3 Å². The fourth-order valence-corrected chi connectivity index (χ4v) is 4.82. The number of benzene rings is 2. The summed E-state index contributed by atoms with van der Waals surface area (Å²) >= 11 is 12.3. The Balaban J connectivity index is 0.00000171. The van der Waals surface area contributed by atoms with E-state index in [1.54, 1.807) is 6.07 Å². The Bertz CT molecular complexity index is 844. The molecule has 4 nitrogen and oxygen atoms in total. The summed E-state index contributed by atoms with van der Waals surface area (Å²) in [5.74, 6) is 2.34. The van der Waals surface area contributed by atoms with Gasteiger partial charge in [0.15, 0.2) is 11.5 Å². The van der Waals surface area contributed by atoms with Gasteiger partial charge < -0.3 is 19.7 Å². The first-order valence-corrected chi connectivity index (χ1v) is 11.2. The number of hydrogen-bond donors (Lipinski definition) is 1. The lowest BCUT2D eigenvalue weighted by molar-refractivity contribution is 0.0718. The van der Waals surface area contributed by atoms with E-state index < -0.39 is 0 Å². The van der Waals surface area contributed by atoms with Gasteiger partial charge in [0.05, 0.1) is 6.61 Å². The van der Waals surface area contributed by atoms with Crippen LogP contribution in [0.5, 0.6) is 11.5 Å². The van der Waals surface area contributed by atoms with Gasteiger partial charge in [0, 0.05) is 40.3 Å². The Morgan fingerprint density at radius 2 is 1.81 bits per heavy atom. The van der Waals surface area contributed by atoms with Crippen LogP contribution >= 0.6 is 48.0 Å². The molecular weight excluding hydrogens is 478 g/mol. The van der Waals surface area contributed by atoms with E-state index in [1.165, 1.54) is 25.9 Å².